The predicted octanol–water partition coefficient (Wildman–Crippen LogP) is 5.20. The molecule has 0 unspecified atom stereocenters. The van der Waals surface area contributed by atoms with Crippen LogP contribution in [0.25, 0.3) is 0 Å². The molecule has 3 saturated heterocycles. The van der Waals surface area contributed by atoms with Gasteiger partial charge in [0, 0.05) is 31.0 Å². The second-order valence-corrected chi connectivity index (χ2v) is 15.9. The van der Waals surface area contributed by atoms with Crippen LogP contribution in [-0.4, -0.2) is 81.8 Å². The predicted molar refractivity (Wildman–Crippen MR) is 181 cm³/mol. The van der Waals surface area contributed by atoms with Gasteiger partial charge in [-0.15, -0.1) is 0 Å². The van der Waals surface area contributed by atoms with E-state index in [4.69, 9.17) is 9.73 Å². The van der Waals surface area contributed by atoms with Crippen molar-refractivity contribution in [2.45, 2.75) is 211 Å². The van der Waals surface area contributed by atoms with Crippen LogP contribution in [0.4, 0.5) is 0 Å². The van der Waals surface area contributed by atoms with Crippen molar-refractivity contribution in [1.29, 1.82) is 0 Å². The number of guanidine groups is 2. The molecule has 0 aromatic rings. The SMILES string of the molecule is CCCCCCC[C@@H]1C[C@@H]2CC[C@H]3[C@@H](C(=O)O[C@@H](C)CCCCCCC[C@H]4C[C@H]5CC[C@H]6C[C@@H](C)[NH2+]C(=[N+]56)N4)[C@@H](C)N=C(N1)N23. The highest BCUT2D eigenvalue weighted by Crippen LogP contribution is 2.40. The Balaban J connectivity index is 0.868. The van der Waals surface area contributed by atoms with Crippen LogP contribution >= 0.6 is 0 Å². The maximum absolute atomic E-state index is 13.5. The highest BCUT2D eigenvalue weighted by Gasteiger charge is 2.51. The van der Waals surface area contributed by atoms with Gasteiger partial charge in [0.2, 0.25) is 0 Å². The van der Waals surface area contributed by atoms with Gasteiger partial charge in [0.05, 0.1) is 24.1 Å². The number of carbonyl (C=O) groups is 1. The third kappa shape index (κ3) is 7.84. The van der Waals surface area contributed by atoms with E-state index >= 15 is 0 Å². The number of hydrogen-bond acceptors (Lipinski definition) is 6. The topological polar surface area (TPSA) is 85.6 Å². The number of aliphatic imine (C=N–C) groups is 1. The molecule has 6 rings (SSSR count). The van der Waals surface area contributed by atoms with Crippen LogP contribution in [0, 0.1) is 5.92 Å². The minimum absolute atomic E-state index is 0.0142. The molecule has 3 fully saturated rings. The van der Waals surface area contributed by atoms with Crippen molar-refractivity contribution < 1.29 is 19.4 Å². The quantitative estimate of drug-likeness (QED) is 0.125. The largest absolute Gasteiger partial charge is 0.462 e. The molecule has 0 aromatic heterocycles. The highest BCUT2D eigenvalue weighted by atomic mass is 16.5. The van der Waals surface area contributed by atoms with Crippen LogP contribution in [0.1, 0.15) is 156 Å². The number of unbranched alkanes of at least 4 members (excludes halogenated alkanes) is 8. The summed E-state index contributed by atoms with van der Waals surface area (Å²) in [4.78, 5) is 21.0. The number of carbonyl (C=O) groups excluding carboxylic acids is 1. The lowest BCUT2D eigenvalue weighted by atomic mass is 9.89. The second-order valence-electron chi connectivity index (χ2n) is 15.9. The number of nitrogens with two attached hydrogens (primary N) is 1. The van der Waals surface area contributed by atoms with E-state index in [1.165, 1.54) is 115 Å². The average Bonchev–Trinajstić information content (AvgIpc) is 3.61. The maximum atomic E-state index is 13.5. The zero-order valence-corrected chi connectivity index (χ0v) is 29.2. The summed E-state index contributed by atoms with van der Waals surface area (Å²) in [5, 5.41) is 10.2. The first kappa shape index (κ1) is 33.1. The van der Waals surface area contributed by atoms with Crippen molar-refractivity contribution in [2.75, 3.05) is 0 Å². The first-order chi connectivity index (χ1) is 21.9. The van der Waals surface area contributed by atoms with E-state index < -0.39 is 0 Å². The molecule has 0 spiro atoms. The van der Waals surface area contributed by atoms with Gasteiger partial charge in [-0.1, -0.05) is 58.3 Å². The number of nitrogens with zero attached hydrogens (tertiary/aromatic N) is 3. The second kappa shape index (κ2) is 15.4. The first-order valence-electron chi connectivity index (χ1n) is 19.5. The van der Waals surface area contributed by atoms with Crippen molar-refractivity contribution in [3.05, 3.63) is 0 Å². The van der Waals surface area contributed by atoms with Crippen LogP contribution in [0.3, 0.4) is 0 Å². The number of nitrogens with one attached hydrogen (secondary N) is 2. The number of ether oxygens (including phenoxy) is 1. The van der Waals surface area contributed by atoms with Crippen LogP contribution in [0.5, 0.6) is 0 Å². The van der Waals surface area contributed by atoms with E-state index in [1.54, 1.807) is 0 Å². The molecule has 0 amide bonds. The molecule has 8 nitrogen and oxygen atoms in total. The molecule has 0 saturated carbocycles. The molecule has 0 aromatic carbocycles. The summed E-state index contributed by atoms with van der Waals surface area (Å²) in [7, 11) is 0. The lowest BCUT2D eigenvalue weighted by Gasteiger charge is -2.47. The molecule has 0 bridgehead atoms. The minimum Gasteiger partial charge on any atom is -0.462 e. The molecule has 10 atom stereocenters. The van der Waals surface area contributed by atoms with Crippen LogP contribution in [-0.2, 0) is 9.53 Å². The van der Waals surface area contributed by atoms with Crippen LogP contribution < -0.4 is 16.0 Å². The van der Waals surface area contributed by atoms with Crippen LogP contribution in [0.2, 0.25) is 0 Å². The van der Waals surface area contributed by atoms with E-state index in [0.717, 1.165) is 37.3 Å². The fraction of sp³-hybridized carbons (Fsp3) is 0.919. The van der Waals surface area contributed by atoms with Gasteiger partial charge in [0.1, 0.15) is 18.1 Å². The Bertz CT molecular complexity index is 1060. The minimum atomic E-state index is -0.142. The average molecular weight is 627 g/mol. The number of esters is 1. The summed E-state index contributed by atoms with van der Waals surface area (Å²) in [6.07, 6.45) is 25.3. The van der Waals surface area contributed by atoms with E-state index in [1.807, 2.05) is 0 Å². The van der Waals surface area contributed by atoms with Crippen molar-refractivity contribution in [3.63, 3.8) is 0 Å². The Morgan fingerprint density at radius 3 is 2.38 bits per heavy atom. The van der Waals surface area contributed by atoms with Gasteiger partial charge in [0.15, 0.2) is 5.96 Å². The Morgan fingerprint density at radius 1 is 0.911 bits per heavy atom. The molecular weight excluding hydrogens is 560 g/mol. The molecule has 4 N–H and O–H groups in total. The van der Waals surface area contributed by atoms with Crippen LogP contribution in [0.15, 0.2) is 4.99 Å². The summed E-state index contributed by atoms with van der Waals surface area (Å²) >= 11 is 0. The summed E-state index contributed by atoms with van der Waals surface area (Å²) in [6.45, 7) is 8.88. The third-order valence-electron chi connectivity index (χ3n) is 12.2. The monoisotopic (exact) mass is 627 g/mol. The van der Waals surface area contributed by atoms with Gasteiger partial charge in [-0.05, 0) is 85.0 Å². The smallest absolute Gasteiger partial charge is 0.441 e. The van der Waals surface area contributed by atoms with E-state index in [0.29, 0.717) is 24.2 Å². The van der Waals surface area contributed by atoms with E-state index in [9.17, 15) is 4.79 Å². The normalized spacial score (nSPS) is 35.7. The van der Waals surface area contributed by atoms with Gasteiger partial charge in [0.25, 0.3) is 0 Å². The van der Waals surface area contributed by atoms with E-state index in [2.05, 4.69) is 53.1 Å². The number of rotatable bonds is 16. The standard InChI is InChI=1S/C37H64N6O2/c1-5-6-7-9-13-16-29-24-32-20-21-33-34(27(4)39-37(41-29)43(32)33)35(44)45-26(3)15-12-10-8-11-14-17-28-23-31-19-18-30-22-25(2)38-36(40-28)42(30)31/h25-34H,5-24H2,1-4H3,(H2,38,39,40,41)/p+2/t25-,26+,27-,28+,29-,30+,31-,32+,33+,34+/m1/s1. The van der Waals surface area contributed by atoms with Crippen molar-refractivity contribution in [3.8, 4) is 0 Å². The molecular formula is C37H66N6O2+2. The molecule has 0 aliphatic carbocycles. The van der Waals surface area contributed by atoms with Crippen molar-refractivity contribution in [1.82, 2.24) is 15.5 Å². The van der Waals surface area contributed by atoms with Gasteiger partial charge < -0.3 is 15.0 Å². The molecule has 254 valence electrons. The third-order valence-corrected chi connectivity index (χ3v) is 12.2. The maximum Gasteiger partial charge on any atom is 0.441 e. The molecule has 6 heterocycles. The van der Waals surface area contributed by atoms with Crippen molar-refractivity contribution in [2.24, 2.45) is 10.9 Å². The Kier molecular flexibility index (Phi) is 11.3. The Hall–Kier alpha value is -1.83. The zero-order valence-electron chi connectivity index (χ0n) is 29.2. The lowest BCUT2D eigenvalue weighted by Crippen LogP contribution is -3.00. The Labute approximate surface area is 274 Å². The number of hydrogen-bond donors (Lipinski definition) is 3. The van der Waals surface area contributed by atoms with Gasteiger partial charge in [-0.25, -0.2) is 20.2 Å². The molecule has 6 aliphatic rings. The lowest BCUT2D eigenvalue weighted by molar-refractivity contribution is -0.714. The summed E-state index contributed by atoms with van der Waals surface area (Å²) in [5.74, 6) is 2.35. The summed E-state index contributed by atoms with van der Waals surface area (Å²) in [5.41, 5.74) is 0. The van der Waals surface area contributed by atoms with Gasteiger partial charge in [-0.2, -0.15) is 0 Å². The fourth-order valence-corrected chi connectivity index (χ4v) is 9.98. The molecule has 8 heteroatoms. The fourth-order valence-electron chi connectivity index (χ4n) is 9.98. The van der Waals surface area contributed by atoms with E-state index in [-0.39, 0.29) is 30.1 Å². The molecule has 6 aliphatic heterocycles. The zero-order chi connectivity index (χ0) is 31.3. The number of quaternary nitrogens is 1. The van der Waals surface area contributed by atoms with Crippen molar-refractivity contribution >= 4 is 17.9 Å². The Morgan fingerprint density at radius 2 is 1.60 bits per heavy atom. The van der Waals surface area contributed by atoms with Gasteiger partial charge in [-0.3, -0.25) is 4.79 Å². The highest BCUT2D eigenvalue weighted by molar-refractivity contribution is 5.86. The first-order valence-corrected chi connectivity index (χ1v) is 19.5. The molecule has 0 radical (unpaired) electrons. The summed E-state index contributed by atoms with van der Waals surface area (Å²) in [6, 6.07) is 4.22. The van der Waals surface area contributed by atoms with Gasteiger partial charge >= 0.3 is 11.9 Å². The molecule has 45 heavy (non-hydrogen) atoms. The summed E-state index contributed by atoms with van der Waals surface area (Å²) < 4.78 is 8.83.